The van der Waals surface area contributed by atoms with E-state index in [9.17, 15) is 13.2 Å². The summed E-state index contributed by atoms with van der Waals surface area (Å²) in [6.07, 6.45) is 0.599. The summed E-state index contributed by atoms with van der Waals surface area (Å²) in [5.74, 6) is 1.01. The fraction of sp³-hybridized carbons (Fsp3) is 0.316. The van der Waals surface area contributed by atoms with Gasteiger partial charge in [-0.05, 0) is 30.2 Å². The van der Waals surface area contributed by atoms with Crippen molar-refractivity contribution >= 4 is 5.96 Å². The van der Waals surface area contributed by atoms with Gasteiger partial charge in [-0.2, -0.15) is 8.78 Å². The Morgan fingerprint density at radius 1 is 1.18 bits per heavy atom. The average molecular weight is 395 g/mol. The number of halogens is 3. The lowest BCUT2D eigenvalue weighted by atomic mass is 10.1. The number of benzene rings is 2. The van der Waals surface area contributed by atoms with Crippen LogP contribution >= 0.6 is 0 Å². The van der Waals surface area contributed by atoms with Crippen molar-refractivity contribution in [1.29, 1.82) is 0 Å². The van der Waals surface area contributed by atoms with Crippen molar-refractivity contribution in [1.82, 2.24) is 10.6 Å². The predicted molar refractivity (Wildman–Crippen MR) is 97.5 cm³/mol. The zero-order valence-electron chi connectivity index (χ0n) is 15.2. The van der Waals surface area contributed by atoms with E-state index in [1.54, 1.807) is 19.2 Å². The molecule has 9 heteroatoms. The van der Waals surface area contributed by atoms with Gasteiger partial charge in [-0.15, -0.1) is 0 Å². The molecular weight excluding hydrogens is 375 g/mol. The summed E-state index contributed by atoms with van der Waals surface area (Å²) in [6.45, 7) is -2.23. The van der Waals surface area contributed by atoms with Crippen LogP contribution in [0.4, 0.5) is 13.2 Å². The van der Waals surface area contributed by atoms with Gasteiger partial charge in [-0.25, -0.2) is 4.39 Å². The molecule has 28 heavy (non-hydrogen) atoms. The van der Waals surface area contributed by atoms with E-state index in [0.29, 0.717) is 36.0 Å². The smallest absolute Gasteiger partial charge is 0.387 e. The first kappa shape index (κ1) is 19.7. The number of hydrogen-bond acceptors (Lipinski definition) is 4. The molecular formula is C19H20F3N3O3. The second kappa shape index (κ2) is 9.20. The van der Waals surface area contributed by atoms with E-state index in [4.69, 9.17) is 9.47 Å². The summed E-state index contributed by atoms with van der Waals surface area (Å²) in [5, 5.41) is 6.12. The van der Waals surface area contributed by atoms with Crippen LogP contribution in [0, 0.1) is 5.82 Å². The van der Waals surface area contributed by atoms with Gasteiger partial charge in [-0.1, -0.05) is 12.1 Å². The lowest BCUT2D eigenvalue weighted by Crippen LogP contribution is -2.38. The van der Waals surface area contributed by atoms with Crippen molar-refractivity contribution < 1.29 is 27.4 Å². The van der Waals surface area contributed by atoms with Crippen molar-refractivity contribution in [3.8, 4) is 17.2 Å². The highest BCUT2D eigenvalue weighted by atomic mass is 19.3. The molecule has 1 heterocycles. The van der Waals surface area contributed by atoms with Crippen molar-refractivity contribution in [2.75, 3.05) is 20.4 Å². The summed E-state index contributed by atoms with van der Waals surface area (Å²) in [5.41, 5.74) is 1.32. The van der Waals surface area contributed by atoms with Gasteiger partial charge in [0.2, 0.25) is 6.79 Å². The second-order valence-electron chi connectivity index (χ2n) is 5.92. The average Bonchev–Trinajstić information content (AvgIpc) is 3.11. The number of nitrogens with one attached hydrogen (secondary N) is 2. The molecule has 2 aromatic carbocycles. The lowest BCUT2D eigenvalue weighted by molar-refractivity contribution is -0.0505. The largest absolute Gasteiger partial charge is 0.454 e. The van der Waals surface area contributed by atoms with E-state index in [2.05, 4.69) is 20.4 Å². The molecule has 3 rings (SSSR count). The molecule has 0 saturated heterocycles. The monoisotopic (exact) mass is 395 g/mol. The highest BCUT2D eigenvalue weighted by molar-refractivity contribution is 5.79. The Hall–Kier alpha value is -3.10. The second-order valence-corrected chi connectivity index (χ2v) is 5.92. The standard InChI is InChI=1S/C19H20F3N3O3/c1-23-19(24-6-5-12-3-2-4-14(20)7-12)25-10-13-8-16-17(27-11-26-16)9-15(13)28-18(21)22/h2-4,7-9,18H,5-6,10-11H2,1H3,(H2,23,24,25). The molecule has 1 aliphatic rings. The quantitative estimate of drug-likeness (QED) is 0.557. The number of rotatable bonds is 7. The Morgan fingerprint density at radius 3 is 2.68 bits per heavy atom. The maximum Gasteiger partial charge on any atom is 0.387 e. The highest BCUT2D eigenvalue weighted by Crippen LogP contribution is 2.38. The molecule has 0 radical (unpaired) electrons. The van der Waals surface area contributed by atoms with Crippen LogP contribution in [-0.4, -0.2) is 33.0 Å². The van der Waals surface area contributed by atoms with Gasteiger partial charge in [0.15, 0.2) is 17.5 Å². The minimum atomic E-state index is -2.96. The molecule has 0 spiro atoms. The molecule has 150 valence electrons. The molecule has 0 amide bonds. The number of guanidine groups is 1. The van der Waals surface area contributed by atoms with Gasteiger partial charge in [0.05, 0.1) is 0 Å². The summed E-state index contributed by atoms with van der Waals surface area (Å²) in [6, 6.07) is 9.32. The fourth-order valence-electron chi connectivity index (χ4n) is 2.73. The van der Waals surface area contributed by atoms with Gasteiger partial charge >= 0.3 is 6.61 Å². The molecule has 6 nitrogen and oxygen atoms in total. The normalized spacial score (nSPS) is 13.0. The molecule has 0 atom stereocenters. The Bertz CT molecular complexity index is 846. The van der Waals surface area contributed by atoms with Crippen molar-refractivity contribution in [2.24, 2.45) is 4.99 Å². The molecule has 0 unspecified atom stereocenters. The first-order valence-corrected chi connectivity index (χ1v) is 8.61. The third-order valence-electron chi connectivity index (χ3n) is 4.04. The van der Waals surface area contributed by atoms with E-state index in [-0.39, 0.29) is 24.9 Å². The number of aliphatic imine (C=N–C) groups is 1. The zero-order chi connectivity index (χ0) is 19.9. The van der Waals surface area contributed by atoms with Crippen LogP contribution in [0.5, 0.6) is 17.2 Å². The summed E-state index contributed by atoms with van der Waals surface area (Å²) < 4.78 is 53.7. The van der Waals surface area contributed by atoms with Crippen LogP contribution < -0.4 is 24.8 Å². The van der Waals surface area contributed by atoms with E-state index >= 15 is 0 Å². The third-order valence-corrected chi connectivity index (χ3v) is 4.04. The van der Waals surface area contributed by atoms with Crippen LogP contribution in [0.3, 0.4) is 0 Å². The SMILES string of the molecule is CN=C(NCCc1cccc(F)c1)NCc1cc2c(cc1OC(F)F)OCO2. The number of nitrogens with zero attached hydrogens (tertiary/aromatic N) is 1. The van der Waals surface area contributed by atoms with E-state index in [1.165, 1.54) is 18.2 Å². The Balaban J connectivity index is 1.58. The predicted octanol–water partition coefficient (Wildman–Crippen LogP) is 3.06. The zero-order valence-corrected chi connectivity index (χ0v) is 15.2. The minimum absolute atomic E-state index is 0.00182. The topological polar surface area (TPSA) is 64.1 Å². The molecule has 1 aliphatic heterocycles. The molecule has 2 aromatic rings. The first-order chi connectivity index (χ1) is 13.5. The Labute approximate surface area is 160 Å². The van der Waals surface area contributed by atoms with Gasteiger partial charge < -0.3 is 24.8 Å². The lowest BCUT2D eigenvalue weighted by Gasteiger charge is -2.15. The van der Waals surface area contributed by atoms with Crippen LogP contribution in [0.15, 0.2) is 41.4 Å². The number of alkyl halides is 2. The van der Waals surface area contributed by atoms with Crippen molar-refractivity contribution in [3.05, 3.63) is 53.3 Å². The third kappa shape index (κ3) is 5.21. The maximum atomic E-state index is 13.2. The maximum absolute atomic E-state index is 13.2. The molecule has 0 saturated carbocycles. The van der Waals surface area contributed by atoms with E-state index < -0.39 is 6.61 Å². The van der Waals surface area contributed by atoms with Gasteiger partial charge in [0.1, 0.15) is 11.6 Å². The van der Waals surface area contributed by atoms with Gasteiger partial charge in [0, 0.05) is 31.8 Å². The van der Waals surface area contributed by atoms with Crippen LogP contribution in [0.25, 0.3) is 0 Å². The fourth-order valence-corrected chi connectivity index (χ4v) is 2.73. The Morgan fingerprint density at radius 2 is 1.96 bits per heavy atom. The van der Waals surface area contributed by atoms with Crippen LogP contribution in [0.1, 0.15) is 11.1 Å². The van der Waals surface area contributed by atoms with Crippen LogP contribution in [0.2, 0.25) is 0 Å². The van der Waals surface area contributed by atoms with Crippen molar-refractivity contribution in [3.63, 3.8) is 0 Å². The van der Waals surface area contributed by atoms with Gasteiger partial charge in [0.25, 0.3) is 0 Å². The molecule has 0 fully saturated rings. The van der Waals surface area contributed by atoms with Gasteiger partial charge in [-0.3, -0.25) is 4.99 Å². The molecule has 0 aliphatic carbocycles. The summed E-state index contributed by atoms with van der Waals surface area (Å²) in [4.78, 5) is 4.09. The summed E-state index contributed by atoms with van der Waals surface area (Å²) in [7, 11) is 1.59. The summed E-state index contributed by atoms with van der Waals surface area (Å²) >= 11 is 0. The minimum Gasteiger partial charge on any atom is -0.454 e. The van der Waals surface area contributed by atoms with E-state index in [1.807, 2.05) is 6.07 Å². The molecule has 0 aromatic heterocycles. The number of fused-ring (bicyclic) bond motifs is 1. The number of hydrogen-bond donors (Lipinski definition) is 2. The van der Waals surface area contributed by atoms with E-state index in [0.717, 1.165) is 5.56 Å². The van der Waals surface area contributed by atoms with Crippen molar-refractivity contribution in [2.45, 2.75) is 19.6 Å². The first-order valence-electron chi connectivity index (χ1n) is 8.61. The number of ether oxygens (including phenoxy) is 3. The molecule has 0 bridgehead atoms. The highest BCUT2D eigenvalue weighted by Gasteiger charge is 2.20. The Kier molecular flexibility index (Phi) is 6.46. The molecule has 2 N–H and O–H groups in total. The van der Waals surface area contributed by atoms with Crippen LogP contribution in [-0.2, 0) is 13.0 Å².